The fourth-order valence-corrected chi connectivity index (χ4v) is 5.58. The Morgan fingerprint density at radius 3 is 2.34 bits per heavy atom. The summed E-state index contributed by atoms with van der Waals surface area (Å²) < 4.78 is 5.26. The van der Waals surface area contributed by atoms with Crippen LogP contribution in [0, 0.1) is 11.8 Å². The van der Waals surface area contributed by atoms with E-state index >= 15 is 0 Å². The van der Waals surface area contributed by atoms with Crippen molar-refractivity contribution in [1.82, 2.24) is 0 Å². The topological polar surface area (TPSA) is 200 Å². The van der Waals surface area contributed by atoms with Gasteiger partial charge in [0.1, 0.15) is 22.7 Å². The molecule has 3 aliphatic carbocycles. The highest BCUT2D eigenvalue weighted by molar-refractivity contribution is 6.22. The predicted molar refractivity (Wildman–Crippen MR) is 136 cm³/mol. The van der Waals surface area contributed by atoms with Gasteiger partial charge in [-0.15, -0.1) is 0 Å². The minimum atomic E-state index is -2.65. The van der Waals surface area contributed by atoms with Crippen LogP contribution in [0.4, 0.5) is 16.2 Å². The van der Waals surface area contributed by atoms with Gasteiger partial charge in [0.2, 0.25) is 5.78 Å². The maximum Gasteiger partial charge on any atom is 0.412 e. The van der Waals surface area contributed by atoms with Gasteiger partial charge in [-0.3, -0.25) is 19.7 Å². The number of hydrogen-bond acceptors (Lipinski definition) is 10. The van der Waals surface area contributed by atoms with Gasteiger partial charge in [-0.1, -0.05) is 0 Å². The van der Waals surface area contributed by atoms with Crippen molar-refractivity contribution >= 4 is 40.7 Å². The van der Waals surface area contributed by atoms with E-state index in [-0.39, 0.29) is 29.7 Å². The van der Waals surface area contributed by atoms with Gasteiger partial charge < -0.3 is 35.8 Å². The summed E-state index contributed by atoms with van der Waals surface area (Å²) in [5.41, 5.74) is 1.41. The van der Waals surface area contributed by atoms with Crippen molar-refractivity contribution in [3.05, 3.63) is 34.1 Å². The molecule has 1 aromatic carbocycles. The summed E-state index contributed by atoms with van der Waals surface area (Å²) in [5, 5.41) is 47.0. The van der Waals surface area contributed by atoms with Crippen LogP contribution in [0.5, 0.6) is 5.75 Å². The van der Waals surface area contributed by atoms with Gasteiger partial charge in [-0.05, 0) is 51.2 Å². The number of amides is 2. The van der Waals surface area contributed by atoms with Crippen molar-refractivity contribution in [3.63, 3.8) is 0 Å². The van der Waals surface area contributed by atoms with E-state index < -0.39 is 75.9 Å². The third-order valence-corrected chi connectivity index (χ3v) is 7.16. The Morgan fingerprint density at radius 1 is 1.16 bits per heavy atom. The number of ether oxygens (including phenoxy) is 1. The Hall–Kier alpha value is -4.06. The van der Waals surface area contributed by atoms with Crippen LogP contribution in [0.2, 0.25) is 0 Å². The number of ketones is 2. The Balaban J connectivity index is 1.89. The molecule has 0 aliphatic heterocycles. The number of phenols is 1. The van der Waals surface area contributed by atoms with E-state index in [2.05, 4.69) is 5.32 Å². The monoisotopic (exact) mass is 529 g/mol. The highest BCUT2D eigenvalue weighted by Gasteiger charge is 2.60. The number of phenolic OH excluding ortho intramolecular Hbond substituents is 1. The largest absolute Gasteiger partial charge is 0.508 e. The van der Waals surface area contributed by atoms with E-state index in [1.807, 2.05) is 0 Å². The summed E-state index contributed by atoms with van der Waals surface area (Å²) in [4.78, 5) is 52.1. The number of benzene rings is 1. The first-order valence-electron chi connectivity index (χ1n) is 12.0. The number of nitrogens with zero attached hydrogens (tertiary/aromatic N) is 1. The Morgan fingerprint density at radius 2 is 1.79 bits per heavy atom. The van der Waals surface area contributed by atoms with Crippen molar-refractivity contribution < 1.29 is 44.3 Å². The molecule has 1 fully saturated rings. The van der Waals surface area contributed by atoms with Gasteiger partial charge in [-0.2, -0.15) is 0 Å². The molecule has 0 heterocycles. The predicted octanol–water partition coefficient (Wildman–Crippen LogP) is 1.84. The number of nitrogens with one attached hydrogen (secondary N) is 1. The van der Waals surface area contributed by atoms with E-state index in [0.717, 1.165) is 0 Å². The number of carbonyl (C=O) groups is 4. The molecule has 1 saturated carbocycles. The minimum Gasteiger partial charge on any atom is -0.508 e. The molecule has 3 aliphatic rings. The van der Waals surface area contributed by atoms with Crippen LogP contribution in [-0.2, 0) is 25.5 Å². The zero-order valence-corrected chi connectivity index (χ0v) is 21.7. The number of rotatable bonds is 3. The molecule has 38 heavy (non-hydrogen) atoms. The molecule has 0 spiro atoms. The number of Topliss-reactive ketones (excluding diaryl/α,β-unsaturated/α-hetero) is 2. The Bertz CT molecular complexity index is 1350. The fraction of sp³-hybridized carbons (Fsp3) is 0.462. The molecule has 4 rings (SSSR count). The SMILES string of the molecule is CN(C)c1cc(NC(=O)OC(C)(C)C)c(O)c2c1C[C@H]1CC3CC(=O)C(C(N)=O)=C(O)[C@@]3(O)C(=O)C1=C2O. The molecule has 204 valence electrons. The molecule has 0 bridgehead atoms. The maximum atomic E-state index is 13.7. The molecule has 3 atom stereocenters. The van der Waals surface area contributed by atoms with Crippen LogP contribution in [-0.4, -0.2) is 69.3 Å². The summed E-state index contributed by atoms with van der Waals surface area (Å²) in [7, 11) is 3.44. The first-order chi connectivity index (χ1) is 17.5. The first kappa shape index (κ1) is 27.0. The fourth-order valence-electron chi connectivity index (χ4n) is 5.58. The molecule has 1 aromatic rings. The minimum absolute atomic E-state index is 0.0223. The van der Waals surface area contributed by atoms with Crippen LogP contribution < -0.4 is 16.0 Å². The molecular formula is C26H31N3O9. The second-order valence-electron chi connectivity index (χ2n) is 11.1. The summed E-state index contributed by atoms with van der Waals surface area (Å²) >= 11 is 0. The van der Waals surface area contributed by atoms with Crippen LogP contribution in [0.3, 0.4) is 0 Å². The molecule has 1 unspecified atom stereocenters. The van der Waals surface area contributed by atoms with Gasteiger partial charge in [0.05, 0.1) is 11.3 Å². The van der Waals surface area contributed by atoms with Crippen LogP contribution in [0.15, 0.2) is 23.0 Å². The van der Waals surface area contributed by atoms with Crippen molar-refractivity contribution in [2.45, 2.75) is 51.2 Å². The summed E-state index contributed by atoms with van der Waals surface area (Å²) in [6, 6.07) is 1.51. The summed E-state index contributed by atoms with van der Waals surface area (Å²) in [5.74, 6) is -7.20. The van der Waals surface area contributed by atoms with E-state index in [9.17, 15) is 39.6 Å². The number of aliphatic hydroxyl groups excluding tert-OH is 2. The number of fused-ring (bicyclic) bond motifs is 3. The van der Waals surface area contributed by atoms with Crippen LogP contribution in [0.25, 0.3) is 5.76 Å². The van der Waals surface area contributed by atoms with Crippen molar-refractivity contribution in [3.8, 4) is 5.75 Å². The third kappa shape index (κ3) is 4.05. The van der Waals surface area contributed by atoms with Gasteiger partial charge in [0.15, 0.2) is 17.1 Å². The van der Waals surface area contributed by atoms with Crippen molar-refractivity contribution in [2.75, 3.05) is 24.3 Å². The normalized spacial score (nSPS) is 24.9. The number of aliphatic hydroxyl groups is 3. The van der Waals surface area contributed by atoms with Crippen LogP contribution >= 0.6 is 0 Å². The zero-order valence-electron chi connectivity index (χ0n) is 21.7. The van der Waals surface area contributed by atoms with Crippen molar-refractivity contribution in [1.29, 1.82) is 0 Å². The second-order valence-corrected chi connectivity index (χ2v) is 11.1. The van der Waals surface area contributed by atoms with Gasteiger partial charge in [0.25, 0.3) is 5.91 Å². The number of anilines is 2. The molecular weight excluding hydrogens is 498 g/mol. The lowest BCUT2D eigenvalue weighted by Crippen LogP contribution is -2.58. The lowest BCUT2D eigenvalue weighted by molar-refractivity contribution is -0.147. The molecule has 12 nitrogen and oxygen atoms in total. The van der Waals surface area contributed by atoms with E-state index in [1.54, 1.807) is 39.8 Å². The quantitative estimate of drug-likeness (QED) is 0.248. The highest BCUT2D eigenvalue weighted by Crippen LogP contribution is 2.54. The average Bonchev–Trinajstić information content (AvgIpc) is 2.76. The summed E-state index contributed by atoms with van der Waals surface area (Å²) in [6.07, 6.45) is -1.09. The lowest BCUT2D eigenvalue weighted by atomic mass is 9.59. The van der Waals surface area contributed by atoms with Gasteiger partial charge in [0, 0.05) is 37.7 Å². The van der Waals surface area contributed by atoms with E-state index in [4.69, 9.17) is 10.5 Å². The molecule has 2 amide bonds. The Labute approximate surface area is 218 Å². The smallest absolute Gasteiger partial charge is 0.412 e. The zero-order chi connectivity index (χ0) is 28.5. The standard InChI is InChI=1S/C26H31N3O9/c1-25(2,3)38-24(36)28-13-9-14(29(4)5)12-7-10-6-11-8-15(30)18(23(27)35)22(34)26(11,37)21(33)16(10)20(32)17(12)19(13)31/h9-11,31-32,34,37H,6-8H2,1-5H3,(H2,27,35)(H,28,36)/t10-,11?,26+/m1/s1. The average molecular weight is 530 g/mol. The highest BCUT2D eigenvalue weighted by atomic mass is 16.6. The third-order valence-electron chi connectivity index (χ3n) is 7.16. The lowest BCUT2D eigenvalue weighted by Gasteiger charge is -2.46. The molecule has 0 radical (unpaired) electrons. The van der Waals surface area contributed by atoms with Crippen LogP contribution in [0.1, 0.15) is 44.7 Å². The first-order valence-corrected chi connectivity index (χ1v) is 12.0. The molecule has 12 heteroatoms. The summed E-state index contributed by atoms with van der Waals surface area (Å²) in [6.45, 7) is 5.00. The van der Waals surface area contributed by atoms with Crippen molar-refractivity contribution in [2.24, 2.45) is 17.6 Å². The number of hydrogen-bond donors (Lipinski definition) is 6. The number of aromatic hydroxyl groups is 1. The van der Waals surface area contributed by atoms with Gasteiger partial charge >= 0.3 is 6.09 Å². The van der Waals surface area contributed by atoms with Gasteiger partial charge in [-0.25, -0.2) is 4.79 Å². The number of primary amides is 1. The van der Waals surface area contributed by atoms with E-state index in [0.29, 0.717) is 11.3 Å². The second kappa shape index (κ2) is 8.76. The molecule has 7 N–H and O–H groups in total. The number of carbonyl (C=O) groups excluding carboxylic acids is 4. The van der Waals surface area contributed by atoms with E-state index in [1.165, 1.54) is 6.07 Å². The molecule has 0 aromatic heterocycles. The Kier molecular flexibility index (Phi) is 6.22. The maximum absolute atomic E-state index is 13.7. The number of nitrogens with two attached hydrogens (primary N) is 1. The molecule has 0 saturated heterocycles.